The Bertz CT molecular complexity index is 2630. The van der Waals surface area contributed by atoms with Crippen molar-refractivity contribution in [2.45, 2.75) is 47.6 Å². The van der Waals surface area contributed by atoms with Crippen LogP contribution in [0.25, 0.3) is 11.0 Å². The number of benzene rings is 3. The topological polar surface area (TPSA) is 160 Å². The first-order chi connectivity index (χ1) is 25.7. The normalized spacial score (nSPS) is 23.2. The molecule has 2 aromatic heterocycles. The molecule has 4 heterocycles. The Morgan fingerprint density at radius 1 is 0.926 bits per heavy atom. The molecule has 4 unspecified atom stereocenters. The van der Waals surface area contributed by atoms with Gasteiger partial charge in [0, 0.05) is 44.5 Å². The van der Waals surface area contributed by atoms with Crippen molar-refractivity contribution in [3.05, 3.63) is 121 Å². The number of phenols is 1. The molecule has 14 nitrogen and oxygen atoms in total. The highest BCUT2D eigenvalue weighted by Gasteiger charge is 2.75. The molecule has 3 aliphatic rings. The molecule has 0 bridgehead atoms. The fraction of sp³-hybridized carbons (Fsp3) is 0.297. The third kappa shape index (κ3) is 4.83. The molecular formula is C37H31Cl2FN6O8. The van der Waals surface area contributed by atoms with Crippen molar-refractivity contribution in [2.24, 2.45) is 7.05 Å². The summed E-state index contributed by atoms with van der Waals surface area (Å²) >= 11 is 14.7. The number of carbonyl (C=O) groups is 2. The number of methoxy groups -OCH3 is 2. The number of ether oxygens (including phenoxy) is 2. The molecule has 1 saturated heterocycles. The lowest BCUT2D eigenvalue weighted by Gasteiger charge is -2.49. The number of alkyl halides is 2. The SMILES string of the molecule is COc1cc2nc(CCn3c(=O)n4n(c3=O)C3CC5(Cl)C(=O)N(c6ccc(F)cc6)C(=O)C5(Cl)C(c5ccc(O)cc5)C3=CC4)c(=O)n(C)c2cc1OC. The van der Waals surface area contributed by atoms with Crippen LogP contribution in [0.2, 0.25) is 0 Å². The van der Waals surface area contributed by atoms with Crippen LogP contribution in [0.3, 0.4) is 0 Å². The van der Waals surface area contributed by atoms with Gasteiger partial charge in [-0.3, -0.25) is 14.4 Å². The molecule has 54 heavy (non-hydrogen) atoms. The van der Waals surface area contributed by atoms with E-state index in [9.17, 15) is 33.5 Å². The molecule has 3 aromatic carbocycles. The van der Waals surface area contributed by atoms with Crippen LogP contribution in [0.1, 0.15) is 29.6 Å². The van der Waals surface area contributed by atoms with Crippen LogP contribution in [-0.2, 0) is 36.1 Å². The zero-order valence-corrected chi connectivity index (χ0v) is 30.5. The number of nitrogens with zero attached hydrogens (tertiary/aromatic N) is 6. The van der Waals surface area contributed by atoms with E-state index in [0.717, 1.165) is 21.6 Å². The largest absolute Gasteiger partial charge is 0.508 e. The Balaban J connectivity index is 1.21. The van der Waals surface area contributed by atoms with E-state index >= 15 is 0 Å². The van der Waals surface area contributed by atoms with Crippen LogP contribution in [0, 0.1) is 5.82 Å². The van der Waals surface area contributed by atoms with Gasteiger partial charge in [-0.1, -0.05) is 18.2 Å². The van der Waals surface area contributed by atoms with Gasteiger partial charge < -0.3 is 19.1 Å². The summed E-state index contributed by atoms with van der Waals surface area (Å²) in [6.07, 6.45) is 1.25. The number of aromatic hydroxyl groups is 1. The molecule has 1 saturated carbocycles. The number of hydrogen-bond donors (Lipinski definition) is 1. The van der Waals surface area contributed by atoms with Crippen molar-refractivity contribution in [1.29, 1.82) is 0 Å². The lowest BCUT2D eigenvalue weighted by molar-refractivity contribution is -0.122. The molecule has 0 spiro atoms. The van der Waals surface area contributed by atoms with E-state index in [1.807, 2.05) is 0 Å². The van der Waals surface area contributed by atoms with Crippen LogP contribution in [-0.4, -0.2) is 64.4 Å². The number of carbonyl (C=O) groups excluding carboxylic acids is 2. The smallest absolute Gasteiger partial charge is 0.347 e. The summed E-state index contributed by atoms with van der Waals surface area (Å²) in [6, 6.07) is 12.8. The second kappa shape index (κ2) is 12.5. The average Bonchev–Trinajstić information content (AvgIpc) is 3.49. The molecule has 2 aliphatic heterocycles. The van der Waals surface area contributed by atoms with Crippen LogP contribution in [0.4, 0.5) is 10.1 Å². The maximum absolute atomic E-state index is 14.4. The van der Waals surface area contributed by atoms with Gasteiger partial charge >= 0.3 is 11.4 Å². The van der Waals surface area contributed by atoms with E-state index in [-0.39, 0.29) is 43.1 Å². The number of anilines is 1. The highest BCUT2D eigenvalue weighted by Crippen LogP contribution is 2.63. The lowest BCUT2D eigenvalue weighted by atomic mass is 9.64. The van der Waals surface area contributed by atoms with Crippen molar-refractivity contribution in [1.82, 2.24) is 23.5 Å². The Morgan fingerprint density at radius 2 is 1.59 bits per heavy atom. The Morgan fingerprint density at radius 3 is 2.26 bits per heavy atom. The monoisotopic (exact) mass is 776 g/mol. The summed E-state index contributed by atoms with van der Waals surface area (Å²) < 4.78 is 29.5. The zero-order chi connectivity index (χ0) is 38.4. The van der Waals surface area contributed by atoms with Crippen molar-refractivity contribution < 1.29 is 28.6 Å². The molecule has 5 aromatic rings. The van der Waals surface area contributed by atoms with Gasteiger partial charge in [-0.15, -0.1) is 23.2 Å². The summed E-state index contributed by atoms with van der Waals surface area (Å²) in [5.74, 6) is -2.68. The Kier molecular flexibility index (Phi) is 8.15. The second-order valence-electron chi connectivity index (χ2n) is 13.4. The number of allylic oxidation sites excluding steroid dienone is 2. The third-order valence-electron chi connectivity index (χ3n) is 10.7. The van der Waals surface area contributed by atoms with E-state index in [2.05, 4.69) is 4.98 Å². The van der Waals surface area contributed by atoms with Gasteiger partial charge in [0.05, 0.1) is 43.5 Å². The summed E-state index contributed by atoms with van der Waals surface area (Å²) in [6.45, 7) is -0.304. The first-order valence-corrected chi connectivity index (χ1v) is 17.6. The van der Waals surface area contributed by atoms with E-state index in [1.165, 1.54) is 52.4 Å². The number of hydrogen-bond acceptors (Lipinski definition) is 9. The number of fused-ring (bicyclic) bond motifs is 5. The van der Waals surface area contributed by atoms with E-state index in [4.69, 9.17) is 32.7 Å². The molecular weight excluding hydrogens is 746 g/mol. The molecule has 1 aliphatic carbocycles. The summed E-state index contributed by atoms with van der Waals surface area (Å²) in [4.78, 5) is 71.4. The number of aryl methyl sites for hydroxylation is 2. The molecule has 2 amide bonds. The molecule has 278 valence electrons. The Labute approximate surface area is 314 Å². The van der Waals surface area contributed by atoms with Crippen LogP contribution in [0.5, 0.6) is 17.2 Å². The summed E-state index contributed by atoms with van der Waals surface area (Å²) in [7, 11) is 4.53. The standard InChI is InChI=1S/C37H31Cl2FN6O8/c1-42-26-17-29(54-3)28(53-2)16-25(26)41-24(31(42)48)13-14-43-34(51)44-15-12-23-27(46(44)35(43)52)18-36(38)32(49)45(21-8-6-20(40)7-9-21)33(50)37(36,39)30(23)19-4-10-22(47)11-5-19/h4-12,16-17,27,30,47H,13-15,18H2,1-3H3. The van der Waals surface area contributed by atoms with E-state index in [0.29, 0.717) is 33.7 Å². The fourth-order valence-electron chi connectivity index (χ4n) is 8.03. The zero-order valence-electron chi connectivity index (χ0n) is 29.0. The van der Waals surface area contributed by atoms with Gasteiger partial charge in [0.2, 0.25) is 0 Å². The minimum absolute atomic E-state index is 0.0495. The molecule has 8 rings (SSSR count). The first-order valence-electron chi connectivity index (χ1n) is 16.8. The maximum atomic E-state index is 14.4. The van der Waals surface area contributed by atoms with Gasteiger partial charge in [-0.25, -0.2) is 37.8 Å². The number of imide groups is 1. The molecule has 0 radical (unpaired) electrons. The first kappa shape index (κ1) is 35.4. The number of halogens is 3. The van der Waals surface area contributed by atoms with Crippen LogP contribution in [0.15, 0.2) is 86.7 Å². The molecule has 17 heteroatoms. The molecule has 2 fully saturated rings. The number of rotatable bonds is 7. The van der Waals surface area contributed by atoms with Gasteiger partial charge in [0.15, 0.2) is 21.2 Å². The van der Waals surface area contributed by atoms with Crippen LogP contribution >= 0.6 is 23.2 Å². The number of aromatic nitrogens is 5. The van der Waals surface area contributed by atoms with Gasteiger partial charge in [-0.05, 0) is 47.5 Å². The van der Waals surface area contributed by atoms with Gasteiger partial charge in [0.25, 0.3) is 17.4 Å². The number of amides is 2. The van der Waals surface area contributed by atoms with E-state index in [1.54, 1.807) is 37.4 Å². The Hall–Kier alpha value is -5.67. The van der Waals surface area contributed by atoms with Gasteiger partial charge in [-0.2, -0.15) is 0 Å². The van der Waals surface area contributed by atoms with Gasteiger partial charge in [0.1, 0.15) is 17.3 Å². The average molecular weight is 778 g/mol. The van der Waals surface area contributed by atoms with Crippen molar-refractivity contribution in [3.63, 3.8) is 0 Å². The highest BCUT2D eigenvalue weighted by molar-refractivity contribution is 6.58. The quantitative estimate of drug-likeness (QED) is 0.149. The lowest BCUT2D eigenvalue weighted by Crippen LogP contribution is -2.59. The summed E-state index contributed by atoms with van der Waals surface area (Å²) in [5, 5.41) is 10.1. The van der Waals surface area contributed by atoms with Crippen molar-refractivity contribution in [2.75, 3.05) is 19.1 Å². The highest BCUT2D eigenvalue weighted by atomic mass is 35.5. The predicted octanol–water partition coefficient (Wildman–Crippen LogP) is 3.36. The minimum Gasteiger partial charge on any atom is -0.508 e. The van der Waals surface area contributed by atoms with Crippen molar-refractivity contribution in [3.8, 4) is 17.2 Å². The fourth-order valence-corrected chi connectivity index (χ4v) is 8.95. The predicted molar refractivity (Wildman–Crippen MR) is 195 cm³/mol. The second-order valence-corrected chi connectivity index (χ2v) is 14.6. The van der Waals surface area contributed by atoms with Crippen molar-refractivity contribution >= 4 is 51.7 Å². The summed E-state index contributed by atoms with van der Waals surface area (Å²) in [5.41, 5.74) is 0.107. The maximum Gasteiger partial charge on any atom is 0.347 e. The third-order valence-corrected chi connectivity index (χ3v) is 12.1. The van der Waals surface area contributed by atoms with E-state index < -0.39 is 56.3 Å². The number of phenolic OH excluding ortho intramolecular Hbond substituents is 1. The minimum atomic E-state index is -2.16. The molecule has 1 N–H and O–H groups in total. The van der Waals surface area contributed by atoms with Crippen LogP contribution < -0.4 is 31.3 Å². The molecule has 4 atom stereocenters.